The molecule has 5 aromatic rings. The van der Waals surface area contributed by atoms with E-state index in [1.54, 1.807) is 0 Å². The second kappa shape index (κ2) is 11.2. The fraction of sp³-hybridized carbons (Fsp3) is 0.235. The molecule has 3 unspecified atom stereocenters. The van der Waals surface area contributed by atoms with Gasteiger partial charge in [-0.25, -0.2) is 5.26 Å². The first kappa shape index (κ1) is 26.2. The molecular weight excluding hydrogens is 487 g/mol. The van der Waals surface area contributed by atoms with Gasteiger partial charge < -0.3 is 9.41 Å². The molecule has 0 radical (unpaired) electrons. The maximum Gasteiger partial charge on any atom is 0.173 e. The Morgan fingerprint density at radius 1 is 0.737 bits per heavy atom. The Balaban J connectivity index is 1.61. The van der Waals surface area contributed by atoms with Gasteiger partial charge in [0.1, 0.15) is 5.75 Å². The van der Waals surface area contributed by atoms with E-state index < -0.39 is 0 Å². The van der Waals surface area contributed by atoms with Gasteiger partial charge in [0.05, 0.1) is 8.81 Å². The van der Waals surface area contributed by atoms with E-state index in [0.717, 1.165) is 51.3 Å². The van der Waals surface area contributed by atoms with Crippen LogP contribution in [0.3, 0.4) is 0 Å². The van der Waals surface area contributed by atoms with Crippen LogP contribution in [0.2, 0.25) is 0 Å². The summed E-state index contributed by atoms with van der Waals surface area (Å²) in [5, 5.41) is 14.0. The van der Waals surface area contributed by atoms with E-state index >= 15 is 0 Å². The van der Waals surface area contributed by atoms with Gasteiger partial charge in [0.2, 0.25) is 0 Å². The molecule has 0 aromatic heterocycles. The van der Waals surface area contributed by atoms with Crippen LogP contribution in [0.5, 0.6) is 11.5 Å². The number of fused-ring (bicyclic) bond motifs is 2. The summed E-state index contributed by atoms with van der Waals surface area (Å²) in [6.45, 7) is 9.01. The number of hydrogen-bond acceptors (Lipinski definition) is 3. The zero-order valence-electron chi connectivity index (χ0n) is 22.5. The van der Waals surface area contributed by atoms with Gasteiger partial charge in [-0.2, -0.15) is 0 Å². The lowest BCUT2D eigenvalue weighted by atomic mass is 9.92. The van der Waals surface area contributed by atoms with Gasteiger partial charge in [-0.1, -0.05) is 106 Å². The molecule has 0 saturated heterocycles. The lowest BCUT2D eigenvalue weighted by molar-refractivity contribution is -0.136. The first-order chi connectivity index (χ1) is 18.5. The third-order valence-corrected chi connectivity index (χ3v) is 9.37. The molecule has 0 amide bonds. The first-order valence-electron chi connectivity index (χ1n) is 13.4. The van der Waals surface area contributed by atoms with E-state index in [2.05, 4.69) is 88.4 Å². The molecule has 194 valence electrons. The molecule has 0 bridgehead atoms. The molecule has 5 rings (SSSR count). The van der Waals surface area contributed by atoms with E-state index in [0.29, 0.717) is 11.7 Å². The van der Waals surface area contributed by atoms with Crippen LogP contribution in [0, 0.1) is 0 Å². The number of benzene rings is 5. The summed E-state index contributed by atoms with van der Waals surface area (Å²) in [4.78, 5) is 4.93. The molecule has 1 N–H and O–H groups in total. The standard InChI is InChI=1S/C34H35O3P/c1-5-23(3)24-15-19-27(20-16-24)34(4,6-2)38-37-31-22-18-26-12-8-10-14-29(26)33(31)32-28-13-9-7-11-25(28)17-21-30(32)36-35/h7-23,35,38H,5-6H2,1-4H3. The Labute approximate surface area is 227 Å². The molecule has 4 heteroatoms. The fourth-order valence-electron chi connectivity index (χ4n) is 5.10. The van der Waals surface area contributed by atoms with Crippen molar-refractivity contribution in [3.05, 3.63) is 108 Å². The number of hydrogen-bond donors (Lipinski definition) is 1. The second-order valence-electron chi connectivity index (χ2n) is 10.2. The normalized spacial score (nSPS) is 14.1. The van der Waals surface area contributed by atoms with Crippen LogP contribution in [-0.2, 0) is 5.16 Å². The van der Waals surface area contributed by atoms with Crippen LogP contribution >= 0.6 is 8.81 Å². The number of rotatable bonds is 9. The topological polar surface area (TPSA) is 38.7 Å². The van der Waals surface area contributed by atoms with Gasteiger partial charge >= 0.3 is 0 Å². The van der Waals surface area contributed by atoms with Crippen molar-refractivity contribution in [1.29, 1.82) is 0 Å². The third kappa shape index (κ3) is 4.89. The van der Waals surface area contributed by atoms with Gasteiger partial charge in [-0.05, 0) is 70.5 Å². The van der Waals surface area contributed by atoms with E-state index in [9.17, 15) is 5.26 Å². The summed E-state index contributed by atoms with van der Waals surface area (Å²) < 4.78 is 6.75. The predicted molar refractivity (Wildman–Crippen MR) is 162 cm³/mol. The molecule has 0 aliphatic heterocycles. The smallest absolute Gasteiger partial charge is 0.173 e. The van der Waals surface area contributed by atoms with E-state index in [4.69, 9.17) is 9.41 Å². The summed E-state index contributed by atoms with van der Waals surface area (Å²) in [6, 6.07) is 33.5. The molecule has 0 heterocycles. The van der Waals surface area contributed by atoms with Crippen molar-refractivity contribution in [2.45, 2.75) is 51.6 Å². The molecule has 0 aliphatic rings. The molecular formula is C34H35O3P. The first-order valence-corrected chi connectivity index (χ1v) is 14.3. The van der Waals surface area contributed by atoms with Crippen LogP contribution < -0.4 is 9.41 Å². The monoisotopic (exact) mass is 522 g/mol. The quantitative estimate of drug-likeness (QED) is 0.119. The molecule has 38 heavy (non-hydrogen) atoms. The molecule has 0 aliphatic carbocycles. The Kier molecular flexibility index (Phi) is 7.70. The van der Waals surface area contributed by atoms with Gasteiger partial charge in [0.25, 0.3) is 0 Å². The summed E-state index contributed by atoms with van der Waals surface area (Å²) in [7, 11) is 0.206. The summed E-state index contributed by atoms with van der Waals surface area (Å²) in [5.74, 6) is 1.75. The molecule has 5 aromatic carbocycles. The highest BCUT2D eigenvalue weighted by atomic mass is 31.1. The van der Waals surface area contributed by atoms with E-state index in [1.807, 2.05) is 36.4 Å². The zero-order chi connectivity index (χ0) is 26.7. The van der Waals surface area contributed by atoms with Crippen molar-refractivity contribution in [2.24, 2.45) is 0 Å². The van der Waals surface area contributed by atoms with Crippen molar-refractivity contribution in [3.8, 4) is 22.6 Å². The Morgan fingerprint density at radius 3 is 1.84 bits per heavy atom. The second-order valence-corrected chi connectivity index (χ2v) is 11.7. The zero-order valence-corrected chi connectivity index (χ0v) is 23.5. The minimum atomic E-state index is -0.133. The predicted octanol–water partition coefficient (Wildman–Crippen LogP) is 10.3. The molecule has 3 atom stereocenters. The van der Waals surface area contributed by atoms with Crippen LogP contribution in [0.25, 0.3) is 32.7 Å². The van der Waals surface area contributed by atoms with Gasteiger partial charge in [-0.15, -0.1) is 0 Å². The van der Waals surface area contributed by atoms with Crippen molar-refractivity contribution in [3.63, 3.8) is 0 Å². The summed E-state index contributed by atoms with van der Waals surface area (Å²) >= 11 is 0. The Bertz CT molecular complexity index is 1560. The lowest BCUT2D eigenvalue weighted by Gasteiger charge is -2.29. The van der Waals surface area contributed by atoms with Crippen molar-refractivity contribution < 1.29 is 14.7 Å². The van der Waals surface area contributed by atoms with Gasteiger partial charge in [0.15, 0.2) is 5.75 Å². The SMILES string of the molecule is CCC(C)c1ccc(C(C)(CC)POc2ccc3ccccc3c2-c2c(OO)ccc3ccccc23)cc1. The average Bonchev–Trinajstić information content (AvgIpc) is 2.98. The average molecular weight is 523 g/mol. The Morgan fingerprint density at radius 2 is 1.29 bits per heavy atom. The highest BCUT2D eigenvalue weighted by Crippen LogP contribution is 2.50. The maximum atomic E-state index is 9.89. The largest absolute Gasteiger partial charge is 0.476 e. The van der Waals surface area contributed by atoms with Crippen LogP contribution in [-0.4, -0.2) is 5.26 Å². The lowest BCUT2D eigenvalue weighted by Crippen LogP contribution is -2.16. The maximum absolute atomic E-state index is 9.89. The highest BCUT2D eigenvalue weighted by molar-refractivity contribution is 7.34. The fourth-order valence-corrected chi connectivity index (χ4v) is 6.03. The molecule has 0 fully saturated rings. The highest BCUT2D eigenvalue weighted by Gasteiger charge is 2.28. The van der Waals surface area contributed by atoms with Crippen molar-refractivity contribution in [1.82, 2.24) is 0 Å². The summed E-state index contributed by atoms with van der Waals surface area (Å²) in [5.41, 5.74) is 4.43. The third-order valence-electron chi connectivity index (χ3n) is 7.95. The molecule has 0 saturated carbocycles. The van der Waals surface area contributed by atoms with Gasteiger partial charge in [0, 0.05) is 16.3 Å². The minimum Gasteiger partial charge on any atom is -0.476 e. The van der Waals surface area contributed by atoms with Crippen molar-refractivity contribution in [2.75, 3.05) is 0 Å². The van der Waals surface area contributed by atoms with E-state index in [1.165, 1.54) is 11.1 Å². The molecule has 3 nitrogen and oxygen atoms in total. The van der Waals surface area contributed by atoms with Crippen molar-refractivity contribution >= 4 is 30.4 Å². The van der Waals surface area contributed by atoms with Crippen LogP contribution in [0.4, 0.5) is 0 Å². The summed E-state index contributed by atoms with van der Waals surface area (Å²) in [6.07, 6.45) is 2.09. The van der Waals surface area contributed by atoms with Gasteiger partial charge in [-0.3, -0.25) is 0 Å². The minimum absolute atomic E-state index is 0.133. The van der Waals surface area contributed by atoms with Crippen LogP contribution in [0.1, 0.15) is 57.6 Å². The van der Waals surface area contributed by atoms with Crippen LogP contribution in [0.15, 0.2) is 97.1 Å². The van der Waals surface area contributed by atoms with E-state index in [-0.39, 0.29) is 14.0 Å². The molecule has 0 spiro atoms. The Hall–Kier alpha value is -3.39.